The van der Waals surface area contributed by atoms with E-state index < -0.39 is 0 Å². The van der Waals surface area contributed by atoms with Crippen LogP contribution in [0, 0.1) is 0 Å². The molecule has 0 aliphatic carbocycles. The van der Waals surface area contributed by atoms with Crippen molar-refractivity contribution in [3.63, 3.8) is 0 Å². The van der Waals surface area contributed by atoms with Crippen molar-refractivity contribution in [3.8, 4) is 0 Å². The average Bonchev–Trinajstić information content (AvgIpc) is 2.74. The third-order valence-corrected chi connectivity index (χ3v) is 2.81. The molecule has 66 valence electrons. The maximum Gasteiger partial charge on any atom is 0.258 e. The lowest BCUT2D eigenvalue weighted by atomic mass is 10.3. The van der Waals surface area contributed by atoms with Gasteiger partial charge in [-0.2, -0.15) is 11.3 Å². The molecule has 0 spiro atoms. The number of carbonyl (C=O) groups is 1. The summed E-state index contributed by atoms with van der Waals surface area (Å²) >= 11 is 2.91. The second kappa shape index (κ2) is 3.68. The first-order valence-corrected chi connectivity index (χ1v) is 5.41. The van der Waals surface area contributed by atoms with Crippen LogP contribution < -0.4 is 5.32 Å². The standard InChI is InChI=1S/C8H6N2OS2/c11-7(6-1-3-12-5-6)10-8-9-2-4-13-8/h1-5H,(H,9,10,11). The Morgan fingerprint density at radius 1 is 1.46 bits per heavy atom. The van der Waals surface area contributed by atoms with E-state index in [0.717, 1.165) is 0 Å². The van der Waals surface area contributed by atoms with Gasteiger partial charge in [-0.1, -0.05) is 0 Å². The third-order valence-electron chi connectivity index (χ3n) is 1.44. The van der Waals surface area contributed by atoms with Crippen LogP contribution in [-0.2, 0) is 0 Å². The van der Waals surface area contributed by atoms with Gasteiger partial charge < -0.3 is 0 Å². The molecule has 0 aromatic carbocycles. The summed E-state index contributed by atoms with van der Waals surface area (Å²) in [4.78, 5) is 15.4. The Hall–Kier alpha value is -1.20. The van der Waals surface area contributed by atoms with E-state index in [0.29, 0.717) is 10.7 Å². The number of thiazole rings is 1. The molecular formula is C8H6N2OS2. The molecule has 0 radical (unpaired) electrons. The van der Waals surface area contributed by atoms with Gasteiger partial charge in [0.05, 0.1) is 5.56 Å². The smallest absolute Gasteiger partial charge is 0.258 e. The minimum absolute atomic E-state index is 0.101. The summed E-state index contributed by atoms with van der Waals surface area (Å²) in [6.45, 7) is 0. The summed E-state index contributed by atoms with van der Waals surface area (Å²) in [5, 5.41) is 8.84. The lowest BCUT2D eigenvalue weighted by molar-refractivity contribution is 0.102. The van der Waals surface area contributed by atoms with Crippen LogP contribution in [0.3, 0.4) is 0 Å². The van der Waals surface area contributed by atoms with Gasteiger partial charge >= 0.3 is 0 Å². The Kier molecular flexibility index (Phi) is 2.37. The number of hydrogen-bond donors (Lipinski definition) is 1. The van der Waals surface area contributed by atoms with Gasteiger partial charge in [0.15, 0.2) is 5.13 Å². The Morgan fingerprint density at radius 2 is 2.38 bits per heavy atom. The topological polar surface area (TPSA) is 42.0 Å². The van der Waals surface area contributed by atoms with Crippen LogP contribution >= 0.6 is 22.7 Å². The third kappa shape index (κ3) is 1.93. The fourth-order valence-electron chi connectivity index (χ4n) is 0.848. The van der Waals surface area contributed by atoms with E-state index >= 15 is 0 Å². The van der Waals surface area contributed by atoms with E-state index in [1.807, 2.05) is 16.1 Å². The number of thiophene rings is 1. The maximum absolute atomic E-state index is 11.4. The number of anilines is 1. The van der Waals surface area contributed by atoms with Crippen molar-refractivity contribution in [2.45, 2.75) is 0 Å². The molecule has 2 aromatic heterocycles. The molecule has 1 amide bonds. The maximum atomic E-state index is 11.4. The van der Waals surface area contributed by atoms with Crippen molar-refractivity contribution in [3.05, 3.63) is 34.0 Å². The molecule has 0 bridgehead atoms. The molecule has 0 aliphatic heterocycles. The molecule has 2 heterocycles. The van der Waals surface area contributed by atoms with Crippen molar-refractivity contribution < 1.29 is 4.79 Å². The molecule has 5 heteroatoms. The zero-order valence-corrected chi connectivity index (χ0v) is 8.19. The Labute approximate surface area is 83.1 Å². The van der Waals surface area contributed by atoms with Crippen molar-refractivity contribution >= 4 is 33.7 Å². The number of rotatable bonds is 2. The summed E-state index contributed by atoms with van der Waals surface area (Å²) in [7, 11) is 0. The van der Waals surface area contributed by atoms with Gasteiger partial charge in [0.1, 0.15) is 0 Å². The monoisotopic (exact) mass is 210 g/mol. The van der Waals surface area contributed by atoms with Crippen LogP contribution in [0.4, 0.5) is 5.13 Å². The van der Waals surface area contributed by atoms with Crippen molar-refractivity contribution in [1.82, 2.24) is 4.98 Å². The largest absolute Gasteiger partial charge is 0.298 e. The highest BCUT2D eigenvalue weighted by molar-refractivity contribution is 7.13. The van der Waals surface area contributed by atoms with Crippen molar-refractivity contribution in [1.29, 1.82) is 0 Å². The molecule has 0 fully saturated rings. The lowest BCUT2D eigenvalue weighted by Crippen LogP contribution is -2.10. The second-order valence-corrected chi connectivity index (χ2v) is 3.98. The molecule has 3 nitrogen and oxygen atoms in total. The van der Waals surface area contributed by atoms with Crippen molar-refractivity contribution in [2.75, 3.05) is 5.32 Å². The van der Waals surface area contributed by atoms with Crippen LogP contribution in [-0.4, -0.2) is 10.9 Å². The molecule has 13 heavy (non-hydrogen) atoms. The predicted octanol–water partition coefficient (Wildman–Crippen LogP) is 2.46. The zero-order valence-electron chi connectivity index (χ0n) is 6.56. The normalized spacial score (nSPS) is 9.85. The molecule has 2 aromatic rings. The van der Waals surface area contributed by atoms with Crippen LogP contribution in [0.2, 0.25) is 0 Å². The lowest BCUT2D eigenvalue weighted by Gasteiger charge is -1.96. The van der Waals surface area contributed by atoms with Crippen LogP contribution in [0.1, 0.15) is 10.4 Å². The molecule has 0 unspecified atom stereocenters. The fourth-order valence-corrected chi connectivity index (χ4v) is 2.01. The van der Waals surface area contributed by atoms with E-state index in [-0.39, 0.29) is 5.91 Å². The molecular weight excluding hydrogens is 204 g/mol. The van der Waals surface area contributed by atoms with Gasteiger partial charge in [-0.05, 0) is 11.4 Å². The number of nitrogens with one attached hydrogen (secondary N) is 1. The number of nitrogens with zero attached hydrogens (tertiary/aromatic N) is 1. The first-order valence-electron chi connectivity index (χ1n) is 3.59. The first-order chi connectivity index (χ1) is 6.36. The fraction of sp³-hybridized carbons (Fsp3) is 0. The second-order valence-electron chi connectivity index (χ2n) is 2.30. The highest BCUT2D eigenvalue weighted by Crippen LogP contribution is 2.13. The molecule has 1 N–H and O–H groups in total. The summed E-state index contributed by atoms with van der Waals surface area (Å²) in [5.41, 5.74) is 0.681. The highest BCUT2D eigenvalue weighted by Gasteiger charge is 2.06. The SMILES string of the molecule is O=C(Nc1nccs1)c1ccsc1. The van der Waals surface area contributed by atoms with Crippen LogP contribution in [0.5, 0.6) is 0 Å². The van der Waals surface area contributed by atoms with E-state index in [9.17, 15) is 4.79 Å². The van der Waals surface area contributed by atoms with Gasteiger partial charge in [-0.15, -0.1) is 11.3 Å². The minimum atomic E-state index is -0.101. The van der Waals surface area contributed by atoms with E-state index in [1.165, 1.54) is 22.7 Å². The molecule has 0 aliphatic rings. The minimum Gasteiger partial charge on any atom is -0.298 e. The zero-order chi connectivity index (χ0) is 9.10. The number of carbonyl (C=O) groups excluding carboxylic acids is 1. The number of amides is 1. The summed E-state index contributed by atoms with van der Waals surface area (Å²) in [6, 6.07) is 1.79. The Morgan fingerprint density at radius 3 is 3.00 bits per heavy atom. The van der Waals surface area contributed by atoms with Gasteiger partial charge in [-0.3, -0.25) is 10.1 Å². The van der Waals surface area contributed by atoms with E-state index in [1.54, 1.807) is 12.3 Å². The van der Waals surface area contributed by atoms with Gasteiger partial charge in [0.25, 0.3) is 5.91 Å². The summed E-state index contributed by atoms with van der Waals surface area (Å²) in [5.74, 6) is -0.101. The van der Waals surface area contributed by atoms with E-state index in [4.69, 9.17) is 0 Å². The predicted molar refractivity (Wildman–Crippen MR) is 54.4 cm³/mol. The number of aromatic nitrogens is 1. The highest BCUT2D eigenvalue weighted by atomic mass is 32.1. The van der Waals surface area contributed by atoms with Gasteiger partial charge in [0, 0.05) is 17.0 Å². The van der Waals surface area contributed by atoms with Crippen LogP contribution in [0.15, 0.2) is 28.4 Å². The quantitative estimate of drug-likeness (QED) is 0.827. The van der Waals surface area contributed by atoms with Crippen molar-refractivity contribution in [2.24, 2.45) is 0 Å². The van der Waals surface area contributed by atoms with Gasteiger partial charge in [-0.25, -0.2) is 4.98 Å². The van der Waals surface area contributed by atoms with E-state index in [2.05, 4.69) is 10.3 Å². The average molecular weight is 210 g/mol. The number of hydrogen-bond acceptors (Lipinski definition) is 4. The summed E-state index contributed by atoms with van der Waals surface area (Å²) < 4.78 is 0. The molecule has 2 rings (SSSR count). The van der Waals surface area contributed by atoms with Gasteiger partial charge in [0.2, 0.25) is 0 Å². The summed E-state index contributed by atoms with van der Waals surface area (Å²) in [6.07, 6.45) is 1.66. The molecule has 0 saturated heterocycles. The Bertz CT molecular complexity index is 380. The first kappa shape index (κ1) is 8.40. The molecule has 0 saturated carbocycles. The molecule has 0 atom stereocenters. The Balaban J connectivity index is 2.08. The van der Waals surface area contributed by atoms with Crippen LogP contribution in [0.25, 0.3) is 0 Å².